The lowest BCUT2D eigenvalue weighted by molar-refractivity contribution is -0.213. The van der Waals surface area contributed by atoms with Crippen LogP contribution in [-0.2, 0) is 4.79 Å². The van der Waals surface area contributed by atoms with Crippen LogP contribution in [-0.4, -0.2) is 40.4 Å². The van der Waals surface area contributed by atoms with Gasteiger partial charge in [0.2, 0.25) is 0 Å². The van der Waals surface area contributed by atoms with Gasteiger partial charge in [-0.2, -0.15) is 0 Å². The molecule has 3 N–H and O–H groups in total. The van der Waals surface area contributed by atoms with E-state index >= 15 is 0 Å². The average Bonchev–Trinajstić information content (AvgIpc) is 2.77. The van der Waals surface area contributed by atoms with Crippen LogP contribution in [0.4, 0.5) is 0 Å². The molecule has 5 aliphatic rings. The maximum atomic E-state index is 12.6. The third kappa shape index (κ3) is 2.85. The molecule has 4 nitrogen and oxygen atoms in total. The molecule has 0 bridgehead atoms. The Morgan fingerprint density at radius 2 is 1.62 bits per heavy atom. The molecule has 0 amide bonds. The van der Waals surface area contributed by atoms with Crippen molar-refractivity contribution in [2.75, 3.05) is 6.61 Å². The summed E-state index contributed by atoms with van der Waals surface area (Å²) in [5.74, 6) is 1.01. The molecule has 0 aromatic heterocycles. The van der Waals surface area contributed by atoms with E-state index in [4.69, 9.17) is 0 Å². The average molecular weight is 473 g/mol. The van der Waals surface area contributed by atoms with Crippen molar-refractivity contribution in [3.8, 4) is 0 Å². The summed E-state index contributed by atoms with van der Waals surface area (Å²) in [5, 5.41) is 32.8. The maximum Gasteiger partial charge on any atom is 0.129 e. The van der Waals surface area contributed by atoms with Crippen LogP contribution < -0.4 is 0 Å². The van der Waals surface area contributed by atoms with Gasteiger partial charge in [-0.1, -0.05) is 53.2 Å². The number of allylic oxidation sites excluding steroid dienone is 2. The van der Waals surface area contributed by atoms with Gasteiger partial charge in [0, 0.05) is 6.61 Å². The Kier molecular flexibility index (Phi) is 5.44. The third-order valence-corrected chi connectivity index (χ3v) is 13.2. The van der Waals surface area contributed by atoms with Crippen LogP contribution in [0.1, 0.15) is 99.3 Å². The standard InChI is InChI=1S/C30H48O4/c1-25(2)21-9-12-28(5)22(27(21,4)11-10-23(25)33)8-7-19-20-15-26(3,17-31)13-14-30(20,18-32)24(34)16-29(19,28)6/h7,18,20-24,31,33-34H,8-17H2,1-6H3/t20-,21-,22+,23-,24-,26-,27-,28+,29+,30+/m0/s1. The lowest BCUT2D eigenvalue weighted by atomic mass is 9.33. The zero-order valence-electron chi connectivity index (χ0n) is 22.4. The first-order valence-electron chi connectivity index (χ1n) is 13.9. The molecule has 0 spiro atoms. The van der Waals surface area contributed by atoms with Crippen molar-refractivity contribution >= 4 is 6.29 Å². The fourth-order valence-corrected chi connectivity index (χ4v) is 10.6. The van der Waals surface area contributed by atoms with E-state index in [1.54, 1.807) is 0 Å². The van der Waals surface area contributed by atoms with Crippen molar-refractivity contribution in [2.24, 2.45) is 50.2 Å². The van der Waals surface area contributed by atoms with Crippen LogP contribution in [0.15, 0.2) is 11.6 Å². The number of aldehydes is 1. The van der Waals surface area contributed by atoms with Crippen molar-refractivity contribution in [2.45, 2.75) is 112 Å². The zero-order valence-corrected chi connectivity index (χ0v) is 22.4. The van der Waals surface area contributed by atoms with Gasteiger partial charge in [-0.15, -0.1) is 0 Å². The fourth-order valence-electron chi connectivity index (χ4n) is 10.6. The predicted molar refractivity (Wildman–Crippen MR) is 134 cm³/mol. The van der Waals surface area contributed by atoms with E-state index in [9.17, 15) is 20.1 Å². The number of hydrogen-bond acceptors (Lipinski definition) is 4. The molecule has 0 heterocycles. The molecule has 0 aromatic carbocycles. The van der Waals surface area contributed by atoms with Gasteiger partial charge < -0.3 is 20.1 Å². The molecule has 0 unspecified atom stereocenters. The van der Waals surface area contributed by atoms with Crippen LogP contribution in [0.3, 0.4) is 0 Å². The van der Waals surface area contributed by atoms with Gasteiger partial charge in [-0.05, 0) is 103 Å². The molecule has 4 fully saturated rings. The summed E-state index contributed by atoms with van der Waals surface area (Å²) in [6, 6.07) is 0. The highest BCUT2D eigenvalue weighted by Crippen LogP contribution is 2.75. The van der Waals surface area contributed by atoms with E-state index in [1.165, 1.54) is 5.57 Å². The molecule has 192 valence electrons. The van der Waals surface area contributed by atoms with Crippen molar-refractivity contribution in [1.82, 2.24) is 0 Å². The van der Waals surface area contributed by atoms with Crippen molar-refractivity contribution < 1.29 is 20.1 Å². The van der Waals surface area contributed by atoms with E-state index in [0.29, 0.717) is 24.7 Å². The minimum atomic E-state index is -0.707. The molecule has 0 saturated heterocycles. The molecule has 0 aliphatic heterocycles. The Labute approximate surface area is 206 Å². The second kappa shape index (κ2) is 7.42. The number of aliphatic hydroxyl groups is 3. The molecule has 5 rings (SSSR count). The van der Waals surface area contributed by atoms with E-state index in [2.05, 4.69) is 47.6 Å². The molecule has 4 heteroatoms. The van der Waals surface area contributed by atoms with Gasteiger partial charge in [0.1, 0.15) is 6.29 Å². The molecule has 10 atom stereocenters. The lowest BCUT2D eigenvalue weighted by Gasteiger charge is -2.71. The number of fused-ring (bicyclic) bond motifs is 7. The molecular formula is C30H48O4. The molecular weight excluding hydrogens is 424 g/mol. The highest BCUT2D eigenvalue weighted by Gasteiger charge is 2.70. The first-order valence-corrected chi connectivity index (χ1v) is 13.9. The molecule has 5 aliphatic carbocycles. The zero-order chi connectivity index (χ0) is 24.9. The Morgan fingerprint density at radius 1 is 0.912 bits per heavy atom. The van der Waals surface area contributed by atoms with E-state index in [-0.39, 0.29) is 45.7 Å². The van der Waals surface area contributed by atoms with Gasteiger partial charge in [0.25, 0.3) is 0 Å². The number of rotatable bonds is 2. The maximum absolute atomic E-state index is 12.6. The fraction of sp³-hybridized carbons (Fsp3) is 0.900. The number of hydrogen-bond donors (Lipinski definition) is 3. The Balaban J connectivity index is 1.61. The predicted octanol–water partition coefficient (Wildman–Crippen LogP) is 5.29. The van der Waals surface area contributed by atoms with E-state index < -0.39 is 11.5 Å². The summed E-state index contributed by atoms with van der Waals surface area (Å²) in [6.45, 7) is 14.2. The highest BCUT2D eigenvalue weighted by molar-refractivity contribution is 5.64. The van der Waals surface area contributed by atoms with Crippen molar-refractivity contribution in [3.05, 3.63) is 11.6 Å². The van der Waals surface area contributed by atoms with E-state index in [0.717, 1.165) is 51.2 Å². The molecule has 0 aromatic rings. The van der Waals surface area contributed by atoms with Gasteiger partial charge in [0.15, 0.2) is 0 Å². The van der Waals surface area contributed by atoms with Crippen molar-refractivity contribution in [3.63, 3.8) is 0 Å². The van der Waals surface area contributed by atoms with Gasteiger partial charge in [-0.3, -0.25) is 0 Å². The molecule has 34 heavy (non-hydrogen) atoms. The first kappa shape index (κ1) is 25.0. The number of carbonyl (C=O) groups excluding carboxylic acids is 1. The number of carbonyl (C=O) groups is 1. The van der Waals surface area contributed by atoms with Crippen LogP contribution >= 0.6 is 0 Å². The smallest absolute Gasteiger partial charge is 0.129 e. The Morgan fingerprint density at radius 3 is 2.26 bits per heavy atom. The Bertz CT molecular complexity index is 894. The number of aliphatic hydroxyl groups excluding tert-OH is 3. The molecule has 0 radical (unpaired) electrons. The van der Waals surface area contributed by atoms with Crippen LogP contribution in [0.5, 0.6) is 0 Å². The third-order valence-electron chi connectivity index (χ3n) is 13.2. The van der Waals surface area contributed by atoms with Crippen LogP contribution in [0.25, 0.3) is 0 Å². The monoisotopic (exact) mass is 472 g/mol. The minimum absolute atomic E-state index is 0.0116. The van der Waals surface area contributed by atoms with E-state index in [1.807, 2.05) is 0 Å². The second-order valence-corrected chi connectivity index (χ2v) is 14.8. The Hall–Kier alpha value is -0.710. The van der Waals surface area contributed by atoms with Crippen molar-refractivity contribution in [1.29, 1.82) is 0 Å². The SMILES string of the molecule is CC1(C)[C@@H](O)CC[C@]2(C)[C@H]3CC=C4[C@@H]5C[C@@](C)(CO)CC[C@]5(C=O)[C@@H](O)C[C@@]4(C)[C@]3(C)CC[C@@H]12. The summed E-state index contributed by atoms with van der Waals surface area (Å²) in [6.07, 6.45) is 10.8. The van der Waals surface area contributed by atoms with Crippen LogP contribution in [0.2, 0.25) is 0 Å². The summed E-state index contributed by atoms with van der Waals surface area (Å²) >= 11 is 0. The quantitative estimate of drug-likeness (QED) is 0.377. The highest BCUT2D eigenvalue weighted by atomic mass is 16.3. The summed E-state index contributed by atoms with van der Waals surface area (Å²) < 4.78 is 0. The van der Waals surface area contributed by atoms with Gasteiger partial charge in [0.05, 0.1) is 17.6 Å². The summed E-state index contributed by atoms with van der Waals surface area (Å²) in [5.41, 5.74) is 0.474. The second-order valence-electron chi connectivity index (χ2n) is 14.8. The van der Waals surface area contributed by atoms with Gasteiger partial charge in [-0.25, -0.2) is 0 Å². The summed E-state index contributed by atoms with van der Waals surface area (Å²) in [4.78, 5) is 12.6. The minimum Gasteiger partial charge on any atom is -0.396 e. The molecule has 4 saturated carbocycles. The van der Waals surface area contributed by atoms with Gasteiger partial charge >= 0.3 is 0 Å². The topological polar surface area (TPSA) is 77.8 Å². The normalized spacial score (nSPS) is 56.3. The largest absolute Gasteiger partial charge is 0.396 e. The first-order chi connectivity index (χ1) is 15.7. The summed E-state index contributed by atoms with van der Waals surface area (Å²) in [7, 11) is 0. The van der Waals surface area contributed by atoms with Crippen LogP contribution in [0, 0.1) is 50.2 Å². The lowest BCUT2D eigenvalue weighted by Crippen LogP contribution is -2.66.